The van der Waals surface area contributed by atoms with Crippen LogP contribution >= 0.6 is 0 Å². The molecule has 6 heteroatoms. The lowest BCUT2D eigenvalue weighted by Crippen LogP contribution is -2.49. The number of carbonyl (C=O) groups is 3. The van der Waals surface area contributed by atoms with E-state index in [2.05, 4.69) is 17.6 Å². The molecular weight excluding hydrogens is 306 g/mol. The zero-order valence-electron chi connectivity index (χ0n) is 15.2. The summed E-state index contributed by atoms with van der Waals surface area (Å²) in [6, 6.07) is -0.281. The molecular formula is C18H31N3O3. The van der Waals surface area contributed by atoms with Crippen molar-refractivity contribution in [2.45, 2.75) is 83.7 Å². The molecule has 0 aromatic carbocycles. The van der Waals surface area contributed by atoms with Gasteiger partial charge in [0.1, 0.15) is 12.1 Å². The Kier molecular flexibility index (Phi) is 6.24. The van der Waals surface area contributed by atoms with E-state index in [0.717, 1.165) is 37.0 Å². The van der Waals surface area contributed by atoms with Crippen molar-refractivity contribution in [3.05, 3.63) is 0 Å². The van der Waals surface area contributed by atoms with Crippen molar-refractivity contribution in [1.29, 1.82) is 0 Å². The topological polar surface area (TPSA) is 78.5 Å². The van der Waals surface area contributed by atoms with Crippen LogP contribution in [0.4, 0.5) is 4.79 Å². The molecule has 1 saturated heterocycles. The van der Waals surface area contributed by atoms with Gasteiger partial charge in [-0.2, -0.15) is 0 Å². The quantitative estimate of drug-likeness (QED) is 0.701. The standard InChI is InChI=1S/C18H31N3O3/c1-4-10-18(11-5-2)16(23)21(17(24)20-18)12-15(22)19-14-9-7-6-8-13(14)3/h13-14H,4-12H2,1-3H3,(H,19,22)(H,20,24). The van der Waals surface area contributed by atoms with Crippen molar-refractivity contribution in [1.82, 2.24) is 15.5 Å². The average molecular weight is 337 g/mol. The summed E-state index contributed by atoms with van der Waals surface area (Å²) in [6.07, 6.45) is 7.27. The first-order valence-electron chi connectivity index (χ1n) is 9.37. The molecule has 24 heavy (non-hydrogen) atoms. The Morgan fingerprint density at radius 3 is 2.42 bits per heavy atom. The molecule has 0 bridgehead atoms. The minimum Gasteiger partial charge on any atom is -0.352 e. The van der Waals surface area contributed by atoms with Crippen LogP contribution in [-0.2, 0) is 9.59 Å². The van der Waals surface area contributed by atoms with E-state index in [1.54, 1.807) is 0 Å². The maximum atomic E-state index is 12.8. The van der Waals surface area contributed by atoms with Crippen LogP contribution in [0.15, 0.2) is 0 Å². The summed E-state index contributed by atoms with van der Waals surface area (Å²) >= 11 is 0. The lowest BCUT2D eigenvalue weighted by Gasteiger charge is -2.30. The van der Waals surface area contributed by atoms with Crippen LogP contribution < -0.4 is 10.6 Å². The van der Waals surface area contributed by atoms with Gasteiger partial charge in [-0.3, -0.25) is 14.5 Å². The van der Waals surface area contributed by atoms with Gasteiger partial charge >= 0.3 is 6.03 Å². The molecule has 4 amide bonds. The van der Waals surface area contributed by atoms with Gasteiger partial charge in [0.2, 0.25) is 5.91 Å². The summed E-state index contributed by atoms with van der Waals surface area (Å²) < 4.78 is 0. The largest absolute Gasteiger partial charge is 0.352 e. The molecule has 2 unspecified atom stereocenters. The second-order valence-electron chi connectivity index (χ2n) is 7.34. The minimum atomic E-state index is -0.820. The fourth-order valence-corrected chi connectivity index (χ4v) is 4.06. The highest BCUT2D eigenvalue weighted by Gasteiger charge is 2.50. The van der Waals surface area contributed by atoms with Crippen LogP contribution in [0.2, 0.25) is 0 Å². The van der Waals surface area contributed by atoms with E-state index >= 15 is 0 Å². The van der Waals surface area contributed by atoms with E-state index in [4.69, 9.17) is 0 Å². The zero-order chi connectivity index (χ0) is 17.7. The summed E-state index contributed by atoms with van der Waals surface area (Å²) in [7, 11) is 0. The molecule has 0 aromatic heterocycles. The monoisotopic (exact) mass is 337 g/mol. The molecule has 1 saturated carbocycles. The number of hydrogen-bond donors (Lipinski definition) is 2. The molecule has 0 aromatic rings. The molecule has 0 radical (unpaired) electrons. The third-order valence-electron chi connectivity index (χ3n) is 5.36. The Morgan fingerprint density at radius 1 is 1.21 bits per heavy atom. The normalized spacial score (nSPS) is 26.4. The molecule has 2 fully saturated rings. The highest BCUT2D eigenvalue weighted by Crippen LogP contribution is 2.28. The van der Waals surface area contributed by atoms with E-state index in [-0.39, 0.29) is 24.4 Å². The molecule has 2 N–H and O–H groups in total. The number of hydrogen-bond acceptors (Lipinski definition) is 3. The molecule has 1 aliphatic heterocycles. The van der Waals surface area contributed by atoms with E-state index < -0.39 is 11.6 Å². The van der Waals surface area contributed by atoms with Gasteiger partial charge in [0.05, 0.1) is 0 Å². The smallest absolute Gasteiger partial charge is 0.325 e. The lowest BCUT2D eigenvalue weighted by atomic mass is 9.86. The molecule has 2 atom stereocenters. The minimum absolute atomic E-state index is 0.156. The first-order chi connectivity index (χ1) is 11.4. The highest BCUT2D eigenvalue weighted by molar-refractivity contribution is 6.09. The maximum Gasteiger partial charge on any atom is 0.325 e. The summed E-state index contributed by atoms with van der Waals surface area (Å²) in [4.78, 5) is 38.5. The van der Waals surface area contributed by atoms with Crippen LogP contribution in [0.5, 0.6) is 0 Å². The van der Waals surface area contributed by atoms with Crippen LogP contribution in [0, 0.1) is 5.92 Å². The predicted molar refractivity (Wildman–Crippen MR) is 92.4 cm³/mol. The van der Waals surface area contributed by atoms with Gasteiger partial charge in [0.25, 0.3) is 5.91 Å². The Morgan fingerprint density at radius 2 is 1.83 bits per heavy atom. The third kappa shape index (κ3) is 3.90. The number of imide groups is 1. The van der Waals surface area contributed by atoms with Crippen LogP contribution in [0.3, 0.4) is 0 Å². The van der Waals surface area contributed by atoms with E-state index in [0.29, 0.717) is 18.8 Å². The Labute approximate surface area is 144 Å². The van der Waals surface area contributed by atoms with Gasteiger partial charge in [-0.05, 0) is 31.6 Å². The summed E-state index contributed by atoms with van der Waals surface area (Å²) in [6.45, 7) is 5.96. The Hall–Kier alpha value is -1.59. The van der Waals surface area contributed by atoms with Crippen molar-refractivity contribution in [2.75, 3.05) is 6.54 Å². The summed E-state index contributed by atoms with van der Waals surface area (Å²) in [5.74, 6) is -0.0332. The number of nitrogens with one attached hydrogen (secondary N) is 2. The summed E-state index contributed by atoms with van der Waals surface area (Å²) in [5.41, 5.74) is -0.820. The molecule has 0 spiro atoms. The van der Waals surface area contributed by atoms with Gasteiger partial charge in [-0.25, -0.2) is 4.79 Å². The number of carbonyl (C=O) groups excluding carboxylic acids is 3. The first kappa shape index (κ1) is 18.7. The number of rotatable bonds is 7. The number of urea groups is 1. The van der Waals surface area contributed by atoms with Gasteiger partial charge in [0.15, 0.2) is 0 Å². The number of nitrogens with zero attached hydrogens (tertiary/aromatic N) is 1. The number of amides is 4. The van der Waals surface area contributed by atoms with Gasteiger partial charge < -0.3 is 10.6 Å². The molecule has 2 aliphatic rings. The van der Waals surface area contributed by atoms with Crippen molar-refractivity contribution < 1.29 is 14.4 Å². The van der Waals surface area contributed by atoms with E-state index in [1.807, 2.05) is 13.8 Å². The van der Waals surface area contributed by atoms with Crippen LogP contribution in [-0.4, -0.2) is 40.9 Å². The predicted octanol–water partition coefficient (Wildman–Crippen LogP) is 2.57. The first-order valence-corrected chi connectivity index (χ1v) is 9.37. The molecule has 136 valence electrons. The van der Waals surface area contributed by atoms with Crippen molar-refractivity contribution >= 4 is 17.8 Å². The van der Waals surface area contributed by atoms with Gasteiger partial charge in [-0.1, -0.05) is 46.5 Å². The maximum absolute atomic E-state index is 12.8. The molecule has 2 rings (SSSR count). The lowest BCUT2D eigenvalue weighted by molar-refractivity contribution is -0.135. The van der Waals surface area contributed by atoms with Crippen molar-refractivity contribution in [3.63, 3.8) is 0 Å². The van der Waals surface area contributed by atoms with E-state index in [9.17, 15) is 14.4 Å². The Bertz CT molecular complexity index is 486. The fraction of sp³-hybridized carbons (Fsp3) is 0.833. The fourth-order valence-electron chi connectivity index (χ4n) is 4.06. The molecule has 6 nitrogen and oxygen atoms in total. The van der Waals surface area contributed by atoms with Crippen molar-refractivity contribution in [2.24, 2.45) is 5.92 Å². The van der Waals surface area contributed by atoms with Crippen LogP contribution in [0.1, 0.15) is 72.1 Å². The second-order valence-corrected chi connectivity index (χ2v) is 7.34. The van der Waals surface area contributed by atoms with E-state index in [1.165, 1.54) is 6.42 Å². The highest BCUT2D eigenvalue weighted by atomic mass is 16.2. The third-order valence-corrected chi connectivity index (χ3v) is 5.36. The average Bonchev–Trinajstić information content (AvgIpc) is 2.75. The van der Waals surface area contributed by atoms with Gasteiger partial charge in [-0.15, -0.1) is 0 Å². The SMILES string of the molecule is CCCC1(CCC)NC(=O)N(CC(=O)NC2CCCCC2C)C1=O. The molecule has 1 aliphatic carbocycles. The van der Waals surface area contributed by atoms with Crippen LogP contribution in [0.25, 0.3) is 0 Å². The summed E-state index contributed by atoms with van der Waals surface area (Å²) in [5, 5.41) is 5.86. The second kappa shape index (κ2) is 7.99. The van der Waals surface area contributed by atoms with Gasteiger partial charge in [0, 0.05) is 6.04 Å². The van der Waals surface area contributed by atoms with Crippen molar-refractivity contribution in [3.8, 4) is 0 Å². The molecule has 1 heterocycles. The zero-order valence-corrected chi connectivity index (χ0v) is 15.2. The Balaban J connectivity index is 1.99.